The van der Waals surface area contributed by atoms with E-state index in [1.807, 2.05) is 13.0 Å². The molecule has 1 saturated carbocycles. The van der Waals surface area contributed by atoms with Crippen LogP contribution < -0.4 is 9.47 Å². The number of amides is 1. The van der Waals surface area contributed by atoms with Gasteiger partial charge in [0.2, 0.25) is 5.91 Å². The summed E-state index contributed by atoms with van der Waals surface area (Å²) in [4.78, 5) is 26.1. The maximum Gasteiger partial charge on any atom is 0.305 e. The summed E-state index contributed by atoms with van der Waals surface area (Å²) in [6.07, 6.45) is 1.19. The van der Waals surface area contributed by atoms with Gasteiger partial charge in [-0.25, -0.2) is 0 Å². The molecule has 3 atom stereocenters. The molecule has 1 aromatic rings. The molecule has 7 heteroatoms. The Hall–Kier alpha value is -2.28. The van der Waals surface area contributed by atoms with Gasteiger partial charge in [0.1, 0.15) is 0 Å². The van der Waals surface area contributed by atoms with Crippen LogP contribution >= 0.6 is 0 Å². The maximum absolute atomic E-state index is 12.9. The lowest BCUT2D eigenvalue weighted by molar-refractivity contribution is -0.142. The lowest BCUT2D eigenvalue weighted by Crippen LogP contribution is -2.42. The van der Waals surface area contributed by atoms with Crippen LogP contribution in [-0.4, -0.2) is 55.4 Å². The SMILES string of the molecule is CCOC1CC1C(=O)N1CCc2cc(OC)c(OC)cc2C1CC(=O)O. The van der Waals surface area contributed by atoms with Crippen molar-refractivity contribution in [3.63, 3.8) is 0 Å². The maximum atomic E-state index is 12.9. The first kappa shape index (κ1) is 18.5. The van der Waals surface area contributed by atoms with Gasteiger partial charge in [0, 0.05) is 13.2 Å². The Balaban J connectivity index is 1.91. The lowest BCUT2D eigenvalue weighted by Gasteiger charge is -2.37. The Morgan fingerprint density at radius 2 is 1.92 bits per heavy atom. The second kappa shape index (κ2) is 7.53. The summed E-state index contributed by atoms with van der Waals surface area (Å²) in [7, 11) is 3.11. The smallest absolute Gasteiger partial charge is 0.305 e. The van der Waals surface area contributed by atoms with Gasteiger partial charge in [0.25, 0.3) is 0 Å². The fourth-order valence-electron chi connectivity index (χ4n) is 3.72. The van der Waals surface area contributed by atoms with Gasteiger partial charge < -0.3 is 24.2 Å². The highest BCUT2D eigenvalue weighted by Gasteiger charge is 2.48. The normalized spacial score (nSPS) is 24.0. The number of carbonyl (C=O) groups is 2. The number of hydrogen-bond acceptors (Lipinski definition) is 5. The minimum absolute atomic E-state index is 0.0184. The number of nitrogens with zero attached hydrogens (tertiary/aromatic N) is 1. The number of ether oxygens (including phenoxy) is 3. The van der Waals surface area contributed by atoms with Crippen molar-refractivity contribution in [1.29, 1.82) is 0 Å². The van der Waals surface area contributed by atoms with Gasteiger partial charge in [-0.05, 0) is 43.0 Å². The third kappa shape index (κ3) is 3.49. The number of aliphatic carboxylic acids is 1. The van der Waals surface area contributed by atoms with Crippen LogP contribution in [0.1, 0.15) is 36.9 Å². The van der Waals surface area contributed by atoms with Crippen molar-refractivity contribution >= 4 is 11.9 Å². The molecule has 2 aliphatic rings. The summed E-state index contributed by atoms with van der Waals surface area (Å²) < 4.78 is 16.2. The number of benzene rings is 1. The molecule has 1 heterocycles. The zero-order valence-corrected chi connectivity index (χ0v) is 15.4. The Bertz CT molecular complexity index is 704. The van der Waals surface area contributed by atoms with Crippen molar-refractivity contribution in [2.45, 2.75) is 38.3 Å². The molecule has 3 unspecified atom stereocenters. The van der Waals surface area contributed by atoms with Crippen LogP contribution in [0.25, 0.3) is 0 Å². The van der Waals surface area contributed by atoms with Gasteiger partial charge >= 0.3 is 5.97 Å². The zero-order valence-electron chi connectivity index (χ0n) is 15.4. The minimum Gasteiger partial charge on any atom is -0.493 e. The molecule has 1 fully saturated rings. The average Bonchev–Trinajstić information content (AvgIpc) is 3.39. The molecule has 0 aromatic heterocycles. The van der Waals surface area contributed by atoms with E-state index < -0.39 is 12.0 Å². The number of fused-ring (bicyclic) bond motifs is 1. The van der Waals surface area contributed by atoms with Crippen LogP contribution in [0, 0.1) is 5.92 Å². The fraction of sp³-hybridized carbons (Fsp3) is 0.579. The van der Waals surface area contributed by atoms with Crippen molar-refractivity contribution in [1.82, 2.24) is 4.90 Å². The van der Waals surface area contributed by atoms with Gasteiger partial charge in [-0.15, -0.1) is 0 Å². The molecule has 1 aromatic carbocycles. The average molecular weight is 363 g/mol. The van der Waals surface area contributed by atoms with E-state index in [1.54, 1.807) is 25.2 Å². The third-order valence-electron chi connectivity index (χ3n) is 5.08. The number of rotatable bonds is 7. The van der Waals surface area contributed by atoms with E-state index in [4.69, 9.17) is 14.2 Å². The third-order valence-corrected chi connectivity index (χ3v) is 5.08. The Labute approximate surface area is 152 Å². The summed E-state index contributed by atoms with van der Waals surface area (Å²) in [6.45, 7) is 2.98. The Kier molecular flexibility index (Phi) is 5.36. The van der Waals surface area contributed by atoms with Gasteiger partial charge in [-0.2, -0.15) is 0 Å². The van der Waals surface area contributed by atoms with Gasteiger partial charge in [0.15, 0.2) is 11.5 Å². The molecule has 0 spiro atoms. The molecule has 7 nitrogen and oxygen atoms in total. The van der Waals surface area contributed by atoms with Crippen LogP contribution in [0.15, 0.2) is 12.1 Å². The molecule has 0 bridgehead atoms. The van der Waals surface area contributed by atoms with Crippen LogP contribution in [-0.2, 0) is 20.7 Å². The van der Waals surface area contributed by atoms with E-state index >= 15 is 0 Å². The van der Waals surface area contributed by atoms with Crippen LogP contribution in [0.4, 0.5) is 0 Å². The number of carboxylic acids is 1. The summed E-state index contributed by atoms with van der Waals surface area (Å²) in [5, 5.41) is 9.39. The van der Waals surface area contributed by atoms with Crippen molar-refractivity contribution in [2.75, 3.05) is 27.4 Å². The van der Waals surface area contributed by atoms with E-state index in [9.17, 15) is 14.7 Å². The predicted molar refractivity (Wildman–Crippen MR) is 93.5 cm³/mol. The lowest BCUT2D eigenvalue weighted by atomic mass is 9.89. The minimum atomic E-state index is -0.937. The van der Waals surface area contributed by atoms with E-state index in [2.05, 4.69) is 0 Å². The Morgan fingerprint density at radius 3 is 2.54 bits per heavy atom. The zero-order chi connectivity index (χ0) is 18.8. The molecular weight excluding hydrogens is 338 g/mol. The topological polar surface area (TPSA) is 85.3 Å². The van der Waals surface area contributed by atoms with Crippen molar-refractivity contribution in [3.8, 4) is 11.5 Å². The fourth-order valence-corrected chi connectivity index (χ4v) is 3.72. The van der Waals surface area contributed by atoms with Crippen molar-refractivity contribution in [2.24, 2.45) is 5.92 Å². The molecule has 0 saturated heterocycles. The van der Waals surface area contributed by atoms with Gasteiger partial charge in [-0.1, -0.05) is 0 Å². The number of methoxy groups -OCH3 is 2. The number of hydrogen-bond donors (Lipinski definition) is 1. The second-order valence-corrected chi connectivity index (χ2v) is 6.64. The molecule has 142 valence electrons. The highest BCUT2D eigenvalue weighted by atomic mass is 16.5. The van der Waals surface area contributed by atoms with Gasteiger partial charge in [0.05, 0.1) is 38.7 Å². The highest BCUT2D eigenvalue weighted by molar-refractivity contribution is 5.84. The second-order valence-electron chi connectivity index (χ2n) is 6.64. The van der Waals surface area contributed by atoms with Crippen LogP contribution in [0.5, 0.6) is 11.5 Å². The molecule has 0 radical (unpaired) electrons. The predicted octanol–water partition coefficient (Wildman–Crippen LogP) is 2.03. The molecule has 1 aliphatic carbocycles. The summed E-state index contributed by atoms with van der Waals surface area (Å²) in [5.41, 5.74) is 1.81. The molecular formula is C19H25NO6. The van der Waals surface area contributed by atoms with Gasteiger partial charge in [-0.3, -0.25) is 9.59 Å². The Morgan fingerprint density at radius 1 is 1.23 bits per heavy atom. The molecule has 26 heavy (non-hydrogen) atoms. The molecule has 1 N–H and O–H groups in total. The largest absolute Gasteiger partial charge is 0.493 e. The first-order chi connectivity index (χ1) is 12.5. The first-order valence-electron chi connectivity index (χ1n) is 8.88. The van der Waals surface area contributed by atoms with E-state index in [-0.39, 0.29) is 24.3 Å². The van der Waals surface area contributed by atoms with Crippen molar-refractivity contribution < 1.29 is 28.9 Å². The number of carbonyl (C=O) groups excluding carboxylic acids is 1. The van der Waals surface area contributed by atoms with Crippen LogP contribution in [0.2, 0.25) is 0 Å². The van der Waals surface area contributed by atoms with Crippen molar-refractivity contribution in [3.05, 3.63) is 23.3 Å². The van der Waals surface area contributed by atoms with Crippen LogP contribution in [0.3, 0.4) is 0 Å². The number of carboxylic acid groups (broad SMARTS) is 1. The molecule has 3 rings (SSSR count). The summed E-state index contributed by atoms with van der Waals surface area (Å²) in [5.74, 6) is 0.0314. The highest BCUT2D eigenvalue weighted by Crippen LogP contribution is 2.43. The molecule has 1 aliphatic heterocycles. The van der Waals surface area contributed by atoms with E-state index in [0.717, 1.165) is 11.1 Å². The molecule has 1 amide bonds. The van der Waals surface area contributed by atoms with E-state index in [1.165, 1.54) is 0 Å². The monoisotopic (exact) mass is 363 g/mol. The first-order valence-corrected chi connectivity index (χ1v) is 8.88. The quantitative estimate of drug-likeness (QED) is 0.798. The summed E-state index contributed by atoms with van der Waals surface area (Å²) >= 11 is 0. The van der Waals surface area contributed by atoms with E-state index in [0.29, 0.717) is 37.5 Å². The summed E-state index contributed by atoms with van der Waals surface area (Å²) in [6, 6.07) is 3.17. The standard InChI is InChI=1S/C19H25NO6/c1-4-26-15-9-13(15)19(23)20-6-5-11-7-16(24-2)17(25-3)8-12(11)14(20)10-18(21)22/h7-8,13-15H,4-6,9-10H2,1-3H3,(H,21,22).